The van der Waals surface area contributed by atoms with Crippen molar-refractivity contribution < 1.29 is 5.11 Å². The van der Waals surface area contributed by atoms with Gasteiger partial charge < -0.3 is 5.11 Å². The first-order valence-corrected chi connectivity index (χ1v) is 10.6. The van der Waals surface area contributed by atoms with E-state index < -0.39 is 0 Å². The van der Waals surface area contributed by atoms with Crippen molar-refractivity contribution in [2.45, 2.75) is 111 Å². The first kappa shape index (κ1) is 21.1. The predicted molar refractivity (Wildman–Crippen MR) is 107 cm³/mol. The fraction of sp³-hybridized carbons (Fsp3) is 0.739. The molecule has 0 unspecified atom stereocenters. The minimum absolute atomic E-state index is 0.532. The Hall–Kier alpha value is -0.980. The van der Waals surface area contributed by atoms with Crippen molar-refractivity contribution in [2.24, 2.45) is 0 Å². The molecule has 1 aromatic rings. The highest BCUT2D eigenvalue weighted by atomic mass is 16.3. The third-order valence-electron chi connectivity index (χ3n) is 5.20. The average Bonchev–Trinajstić information content (AvgIpc) is 2.59. The zero-order chi connectivity index (χ0) is 17.6. The topological polar surface area (TPSA) is 20.2 Å². The SMILES string of the molecule is CCCCCCCCc1c(O)ccc(CC)c1CCCCCCC. The van der Waals surface area contributed by atoms with Crippen molar-refractivity contribution in [3.63, 3.8) is 0 Å². The summed E-state index contributed by atoms with van der Waals surface area (Å²) in [6.07, 6.45) is 17.8. The van der Waals surface area contributed by atoms with E-state index in [0.29, 0.717) is 5.75 Å². The van der Waals surface area contributed by atoms with Crippen molar-refractivity contribution in [3.05, 3.63) is 28.8 Å². The minimum atomic E-state index is 0.532. The van der Waals surface area contributed by atoms with Crippen LogP contribution >= 0.6 is 0 Å². The number of benzene rings is 1. The number of hydrogen-bond donors (Lipinski definition) is 1. The highest BCUT2D eigenvalue weighted by molar-refractivity contribution is 5.44. The molecule has 0 aliphatic heterocycles. The number of phenolic OH excluding ortho intramolecular Hbond substituents is 1. The van der Waals surface area contributed by atoms with Crippen LogP contribution in [0.15, 0.2) is 12.1 Å². The van der Waals surface area contributed by atoms with Crippen molar-refractivity contribution in [3.8, 4) is 5.75 Å². The third kappa shape index (κ3) is 7.73. The molecule has 138 valence electrons. The summed E-state index contributed by atoms with van der Waals surface area (Å²) in [6, 6.07) is 4.06. The minimum Gasteiger partial charge on any atom is -0.508 e. The Morgan fingerprint density at radius 3 is 1.67 bits per heavy atom. The quantitative estimate of drug-likeness (QED) is 0.352. The molecule has 0 radical (unpaired) electrons. The summed E-state index contributed by atoms with van der Waals surface area (Å²) in [6.45, 7) is 6.77. The molecule has 0 saturated heterocycles. The monoisotopic (exact) mass is 332 g/mol. The molecule has 0 aromatic heterocycles. The Bertz CT molecular complexity index is 436. The van der Waals surface area contributed by atoms with Gasteiger partial charge in [0.05, 0.1) is 0 Å². The number of aryl methyl sites for hydroxylation is 1. The Balaban J connectivity index is 2.59. The van der Waals surface area contributed by atoms with Crippen molar-refractivity contribution in [2.75, 3.05) is 0 Å². The van der Waals surface area contributed by atoms with E-state index in [2.05, 4.69) is 26.8 Å². The standard InChI is InChI=1S/C23H40O/c1-4-7-9-11-13-15-17-22-21(16-14-12-10-8-5-2)20(6-3)18-19-23(22)24/h18-19,24H,4-17H2,1-3H3. The molecule has 1 heteroatoms. The van der Waals surface area contributed by atoms with Gasteiger partial charge in [0.1, 0.15) is 5.75 Å². The summed E-state index contributed by atoms with van der Waals surface area (Å²) >= 11 is 0. The molecule has 0 fully saturated rings. The second-order valence-corrected chi connectivity index (χ2v) is 7.24. The van der Waals surface area contributed by atoms with Gasteiger partial charge in [0.15, 0.2) is 0 Å². The lowest BCUT2D eigenvalue weighted by Crippen LogP contribution is -2.01. The molecular weight excluding hydrogens is 292 g/mol. The summed E-state index contributed by atoms with van der Waals surface area (Å²) in [5.74, 6) is 0.532. The van der Waals surface area contributed by atoms with Crippen LogP contribution in [0.5, 0.6) is 5.75 Å². The van der Waals surface area contributed by atoms with Crippen LogP contribution in [0, 0.1) is 0 Å². The van der Waals surface area contributed by atoms with E-state index >= 15 is 0 Å². The van der Waals surface area contributed by atoms with Gasteiger partial charge in [-0.2, -0.15) is 0 Å². The molecular formula is C23H40O. The maximum atomic E-state index is 10.4. The van der Waals surface area contributed by atoms with E-state index in [9.17, 15) is 5.11 Å². The molecule has 0 aliphatic carbocycles. The van der Waals surface area contributed by atoms with Crippen LogP contribution in [0.3, 0.4) is 0 Å². The normalized spacial score (nSPS) is 11.1. The molecule has 0 spiro atoms. The molecule has 0 amide bonds. The molecule has 0 bridgehead atoms. The average molecular weight is 333 g/mol. The van der Waals surface area contributed by atoms with Gasteiger partial charge in [-0.3, -0.25) is 0 Å². The molecule has 1 rings (SSSR count). The van der Waals surface area contributed by atoms with Crippen LogP contribution in [0.2, 0.25) is 0 Å². The van der Waals surface area contributed by atoms with Crippen LogP contribution in [-0.2, 0) is 19.3 Å². The Labute approximate surface area is 150 Å². The smallest absolute Gasteiger partial charge is 0.119 e. The molecule has 0 atom stereocenters. The first-order valence-electron chi connectivity index (χ1n) is 10.6. The predicted octanol–water partition coefficient (Wildman–Crippen LogP) is 7.37. The Morgan fingerprint density at radius 2 is 1.12 bits per heavy atom. The van der Waals surface area contributed by atoms with E-state index in [0.717, 1.165) is 19.3 Å². The van der Waals surface area contributed by atoms with E-state index in [1.54, 1.807) is 0 Å². The van der Waals surface area contributed by atoms with Crippen LogP contribution in [0.1, 0.15) is 108 Å². The lowest BCUT2D eigenvalue weighted by Gasteiger charge is -2.16. The fourth-order valence-electron chi connectivity index (χ4n) is 3.64. The van der Waals surface area contributed by atoms with Crippen molar-refractivity contribution in [1.82, 2.24) is 0 Å². The highest BCUT2D eigenvalue weighted by Crippen LogP contribution is 2.29. The van der Waals surface area contributed by atoms with E-state index in [1.165, 1.54) is 87.3 Å². The van der Waals surface area contributed by atoms with Crippen LogP contribution in [-0.4, -0.2) is 5.11 Å². The van der Waals surface area contributed by atoms with Crippen molar-refractivity contribution >= 4 is 0 Å². The van der Waals surface area contributed by atoms with Crippen LogP contribution in [0.25, 0.3) is 0 Å². The van der Waals surface area contributed by atoms with Crippen LogP contribution < -0.4 is 0 Å². The Kier molecular flexibility index (Phi) is 11.7. The zero-order valence-electron chi connectivity index (χ0n) is 16.5. The van der Waals surface area contributed by atoms with E-state index in [1.807, 2.05) is 6.07 Å². The molecule has 0 saturated carbocycles. The van der Waals surface area contributed by atoms with E-state index in [-0.39, 0.29) is 0 Å². The van der Waals surface area contributed by atoms with Crippen molar-refractivity contribution in [1.29, 1.82) is 0 Å². The van der Waals surface area contributed by atoms with E-state index in [4.69, 9.17) is 0 Å². The molecule has 0 aliphatic rings. The molecule has 1 N–H and O–H groups in total. The van der Waals surface area contributed by atoms with Gasteiger partial charge in [0.25, 0.3) is 0 Å². The largest absolute Gasteiger partial charge is 0.508 e. The van der Waals surface area contributed by atoms with Gasteiger partial charge in [-0.05, 0) is 54.9 Å². The maximum Gasteiger partial charge on any atom is 0.119 e. The molecule has 0 heterocycles. The maximum absolute atomic E-state index is 10.4. The zero-order valence-corrected chi connectivity index (χ0v) is 16.5. The number of unbranched alkanes of at least 4 members (excludes halogenated alkanes) is 9. The second-order valence-electron chi connectivity index (χ2n) is 7.24. The van der Waals surface area contributed by atoms with Gasteiger partial charge in [-0.25, -0.2) is 0 Å². The van der Waals surface area contributed by atoms with Gasteiger partial charge in [-0.1, -0.05) is 84.6 Å². The van der Waals surface area contributed by atoms with Gasteiger partial charge in [-0.15, -0.1) is 0 Å². The van der Waals surface area contributed by atoms with Gasteiger partial charge in [0.2, 0.25) is 0 Å². The van der Waals surface area contributed by atoms with Gasteiger partial charge in [0, 0.05) is 0 Å². The summed E-state index contributed by atoms with van der Waals surface area (Å²) in [5.41, 5.74) is 4.16. The highest BCUT2D eigenvalue weighted by Gasteiger charge is 2.12. The number of phenols is 1. The summed E-state index contributed by atoms with van der Waals surface area (Å²) in [7, 11) is 0. The third-order valence-corrected chi connectivity index (χ3v) is 5.20. The lowest BCUT2D eigenvalue weighted by atomic mass is 9.90. The summed E-state index contributed by atoms with van der Waals surface area (Å²) < 4.78 is 0. The molecule has 1 aromatic carbocycles. The first-order chi connectivity index (χ1) is 11.7. The number of rotatable bonds is 14. The second kappa shape index (κ2) is 13.3. The fourth-order valence-corrected chi connectivity index (χ4v) is 3.64. The van der Waals surface area contributed by atoms with Crippen LogP contribution in [0.4, 0.5) is 0 Å². The number of hydrogen-bond acceptors (Lipinski definition) is 1. The lowest BCUT2D eigenvalue weighted by molar-refractivity contribution is 0.463. The molecule has 1 nitrogen and oxygen atoms in total. The Morgan fingerprint density at radius 1 is 0.625 bits per heavy atom. The number of aromatic hydroxyl groups is 1. The summed E-state index contributed by atoms with van der Waals surface area (Å²) in [4.78, 5) is 0. The molecule has 24 heavy (non-hydrogen) atoms. The van der Waals surface area contributed by atoms with Gasteiger partial charge >= 0.3 is 0 Å². The summed E-state index contributed by atoms with van der Waals surface area (Å²) in [5, 5.41) is 10.4.